The van der Waals surface area contributed by atoms with Crippen molar-refractivity contribution >= 4 is 39.8 Å². The number of guanidine groups is 1. The summed E-state index contributed by atoms with van der Waals surface area (Å²) in [6.45, 7) is 2.66. The molecule has 1 atom stereocenters. The molecule has 2 rings (SSSR count). The summed E-state index contributed by atoms with van der Waals surface area (Å²) in [5.74, 6) is 0.402. The smallest absolute Gasteiger partial charge is 0.355 e. The van der Waals surface area contributed by atoms with Crippen LogP contribution in [0.1, 0.15) is 6.92 Å². The average molecular weight is 534 g/mol. The standard InChI is InChI=1S/C17H25F3N4O2S.HI/c1-14(17(18,19)20)23-9-11-24(12-10-23)16(21-2)22-8-13-27(25,26)15-6-4-3-5-7-15;/h3-7,14H,8-13H2,1-2H3,(H,21,22);1H. The van der Waals surface area contributed by atoms with E-state index in [1.807, 2.05) is 4.90 Å². The Hall–Kier alpha value is -1.08. The fraction of sp³-hybridized carbons (Fsp3) is 0.588. The van der Waals surface area contributed by atoms with E-state index in [4.69, 9.17) is 0 Å². The number of nitrogens with one attached hydrogen (secondary N) is 1. The van der Waals surface area contributed by atoms with Crippen LogP contribution in [0.25, 0.3) is 0 Å². The van der Waals surface area contributed by atoms with Crippen LogP contribution >= 0.6 is 24.0 Å². The number of alkyl halides is 3. The fourth-order valence-electron chi connectivity index (χ4n) is 2.90. The van der Waals surface area contributed by atoms with E-state index >= 15 is 0 Å². The number of nitrogens with zero attached hydrogens (tertiary/aromatic N) is 3. The van der Waals surface area contributed by atoms with Crippen molar-refractivity contribution < 1.29 is 21.6 Å². The minimum absolute atomic E-state index is 0. The molecule has 1 unspecified atom stereocenters. The molecule has 160 valence electrons. The molecule has 1 heterocycles. The van der Waals surface area contributed by atoms with Gasteiger partial charge in [-0.2, -0.15) is 13.2 Å². The number of halogens is 4. The van der Waals surface area contributed by atoms with Crippen LogP contribution in [-0.4, -0.2) is 81.9 Å². The zero-order valence-corrected chi connectivity index (χ0v) is 19.0. The van der Waals surface area contributed by atoms with Gasteiger partial charge in [0.05, 0.1) is 10.6 Å². The van der Waals surface area contributed by atoms with Crippen LogP contribution in [0.15, 0.2) is 40.2 Å². The number of piperazine rings is 1. The zero-order chi connectivity index (χ0) is 20.1. The first-order valence-corrected chi connectivity index (χ1v) is 10.3. The lowest BCUT2D eigenvalue weighted by molar-refractivity contribution is -0.181. The first kappa shape index (κ1) is 25.0. The van der Waals surface area contributed by atoms with Crippen molar-refractivity contribution in [2.75, 3.05) is 45.5 Å². The van der Waals surface area contributed by atoms with Crippen LogP contribution in [0, 0.1) is 0 Å². The SMILES string of the molecule is CN=C(NCCS(=O)(=O)c1ccccc1)N1CCN(C(C)C(F)(F)F)CC1.I. The maximum atomic E-state index is 12.8. The van der Waals surface area contributed by atoms with E-state index in [1.165, 1.54) is 4.90 Å². The Labute approximate surface area is 181 Å². The van der Waals surface area contributed by atoms with Crippen LogP contribution < -0.4 is 5.32 Å². The maximum absolute atomic E-state index is 12.8. The second kappa shape index (κ2) is 10.6. The lowest BCUT2D eigenvalue weighted by atomic mass is 10.2. The van der Waals surface area contributed by atoms with Gasteiger partial charge in [-0.05, 0) is 19.1 Å². The van der Waals surface area contributed by atoms with Crippen molar-refractivity contribution in [1.82, 2.24) is 15.1 Å². The highest BCUT2D eigenvalue weighted by atomic mass is 127. The Bertz CT molecular complexity index is 737. The van der Waals surface area contributed by atoms with E-state index < -0.39 is 22.1 Å². The molecule has 1 aromatic rings. The molecular formula is C17H26F3IN4O2S. The number of rotatable bonds is 5. The molecule has 1 saturated heterocycles. The van der Waals surface area contributed by atoms with Gasteiger partial charge in [-0.3, -0.25) is 9.89 Å². The molecule has 1 fully saturated rings. The topological polar surface area (TPSA) is 65.0 Å². The molecule has 1 aliphatic rings. The van der Waals surface area contributed by atoms with E-state index in [9.17, 15) is 21.6 Å². The van der Waals surface area contributed by atoms with Crippen molar-refractivity contribution in [1.29, 1.82) is 0 Å². The highest BCUT2D eigenvalue weighted by molar-refractivity contribution is 14.0. The molecule has 6 nitrogen and oxygen atoms in total. The second-order valence-corrected chi connectivity index (χ2v) is 8.46. The molecule has 1 aliphatic heterocycles. The molecule has 0 spiro atoms. The minimum Gasteiger partial charge on any atom is -0.355 e. The first-order chi connectivity index (χ1) is 12.6. The molecule has 1 aromatic carbocycles. The van der Waals surface area contributed by atoms with Gasteiger partial charge in [0.1, 0.15) is 6.04 Å². The van der Waals surface area contributed by atoms with Crippen molar-refractivity contribution in [2.24, 2.45) is 4.99 Å². The van der Waals surface area contributed by atoms with Gasteiger partial charge >= 0.3 is 6.18 Å². The molecule has 28 heavy (non-hydrogen) atoms. The van der Waals surface area contributed by atoms with Gasteiger partial charge < -0.3 is 10.2 Å². The van der Waals surface area contributed by atoms with E-state index in [0.29, 0.717) is 19.0 Å². The monoisotopic (exact) mass is 534 g/mol. The largest absolute Gasteiger partial charge is 0.403 e. The van der Waals surface area contributed by atoms with Gasteiger partial charge in [-0.1, -0.05) is 18.2 Å². The normalized spacial score (nSPS) is 17.8. The van der Waals surface area contributed by atoms with Gasteiger partial charge in [-0.15, -0.1) is 24.0 Å². The molecule has 0 aromatic heterocycles. The fourth-order valence-corrected chi connectivity index (χ4v) is 4.08. The van der Waals surface area contributed by atoms with Gasteiger partial charge in [0, 0.05) is 39.8 Å². The third-order valence-electron chi connectivity index (χ3n) is 4.60. The molecule has 0 radical (unpaired) electrons. The Balaban J connectivity index is 0.00000392. The third-order valence-corrected chi connectivity index (χ3v) is 6.34. The van der Waals surface area contributed by atoms with E-state index in [2.05, 4.69) is 10.3 Å². The average Bonchev–Trinajstić information content (AvgIpc) is 2.65. The Morgan fingerprint density at radius 3 is 2.25 bits per heavy atom. The Morgan fingerprint density at radius 2 is 1.75 bits per heavy atom. The van der Waals surface area contributed by atoms with Crippen LogP contribution in [0.2, 0.25) is 0 Å². The summed E-state index contributed by atoms with van der Waals surface area (Å²) in [5.41, 5.74) is 0. The summed E-state index contributed by atoms with van der Waals surface area (Å²) < 4.78 is 63.0. The predicted octanol–water partition coefficient (Wildman–Crippen LogP) is 2.22. The highest BCUT2D eigenvalue weighted by Gasteiger charge is 2.41. The summed E-state index contributed by atoms with van der Waals surface area (Å²) in [7, 11) is -1.83. The van der Waals surface area contributed by atoms with Crippen molar-refractivity contribution in [3.8, 4) is 0 Å². The zero-order valence-electron chi connectivity index (χ0n) is 15.8. The number of hydrogen-bond acceptors (Lipinski definition) is 4. The van der Waals surface area contributed by atoms with Crippen LogP contribution in [-0.2, 0) is 9.84 Å². The van der Waals surface area contributed by atoms with Gasteiger partial charge in [0.25, 0.3) is 0 Å². The molecule has 11 heteroatoms. The number of hydrogen-bond donors (Lipinski definition) is 1. The van der Waals surface area contributed by atoms with E-state index in [1.54, 1.807) is 37.4 Å². The highest BCUT2D eigenvalue weighted by Crippen LogP contribution is 2.25. The first-order valence-electron chi connectivity index (χ1n) is 8.69. The second-order valence-electron chi connectivity index (χ2n) is 6.35. The number of aliphatic imine (C=N–C) groups is 1. The Kier molecular flexibility index (Phi) is 9.47. The van der Waals surface area contributed by atoms with Crippen LogP contribution in [0.4, 0.5) is 13.2 Å². The third kappa shape index (κ3) is 6.76. The summed E-state index contributed by atoms with van der Waals surface area (Å²) in [4.78, 5) is 7.61. The maximum Gasteiger partial charge on any atom is 0.403 e. The van der Waals surface area contributed by atoms with Crippen LogP contribution in [0.5, 0.6) is 0 Å². The van der Waals surface area contributed by atoms with Gasteiger partial charge in [0.15, 0.2) is 15.8 Å². The van der Waals surface area contributed by atoms with Crippen molar-refractivity contribution in [3.05, 3.63) is 30.3 Å². The number of sulfone groups is 1. The lowest BCUT2D eigenvalue weighted by Gasteiger charge is -2.39. The van der Waals surface area contributed by atoms with Crippen molar-refractivity contribution in [3.63, 3.8) is 0 Å². The summed E-state index contributed by atoms with van der Waals surface area (Å²) in [6, 6.07) is 6.70. The Morgan fingerprint density at radius 1 is 1.18 bits per heavy atom. The quantitative estimate of drug-likeness (QED) is 0.357. The predicted molar refractivity (Wildman–Crippen MR) is 114 cm³/mol. The lowest BCUT2D eigenvalue weighted by Crippen LogP contribution is -2.57. The van der Waals surface area contributed by atoms with E-state index in [0.717, 1.165) is 6.92 Å². The van der Waals surface area contributed by atoms with Crippen molar-refractivity contribution in [2.45, 2.75) is 24.0 Å². The molecule has 0 bridgehead atoms. The summed E-state index contributed by atoms with van der Waals surface area (Å²) >= 11 is 0. The molecule has 0 amide bonds. The van der Waals surface area contributed by atoms with E-state index in [-0.39, 0.29) is 54.3 Å². The minimum atomic E-state index is -4.24. The molecule has 0 saturated carbocycles. The molecule has 0 aliphatic carbocycles. The summed E-state index contributed by atoms with van der Waals surface area (Å²) in [5, 5.41) is 3.00. The van der Waals surface area contributed by atoms with Crippen LogP contribution in [0.3, 0.4) is 0 Å². The summed E-state index contributed by atoms with van der Waals surface area (Å²) in [6.07, 6.45) is -4.24. The molecule has 1 N–H and O–H groups in total. The number of benzene rings is 1. The molecular weight excluding hydrogens is 508 g/mol. The van der Waals surface area contributed by atoms with Gasteiger partial charge in [0.2, 0.25) is 0 Å². The van der Waals surface area contributed by atoms with Gasteiger partial charge in [-0.25, -0.2) is 8.42 Å².